The van der Waals surface area contributed by atoms with Crippen molar-refractivity contribution >= 4 is 23.2 Å². The molecule has 3 aromatic rings. The number of aromatic nitrogens is 2. The maximum Gasteiger partial charge on any atom is 0.257 e. The average Bonchev–Trinajstić information content (AvgIpc) is 3.14. The van der Waals surface area contributed by atoms with Gasteiger partial charge in [-0.3, -0.25) is 4.79 Å². The van der Waals surface area contributed by atoms with Crippen LogP contribution < -0.4 is 4.90 Å². The average molecular weight is 383 g/mol. The van der Waals surface area contributed by atoms with Gasteiger partial charge in [-0.25, -0.2) is 0 Å². The summed E-state index contributed by atoms with van der Waals surface area (Å²) in [5.74, 6) is 1.07. The van der Waals surface area contributed by atoms with E-state index in [4.69, 9.17) is 16.1 Å². The lowest BCUT2D eigenvalue weighted by Gasteiger charge is -2.36. The molecular weight excluding hydrogens is 364 g/mol. The molecule has 138 valence electrons. The number of carbonyl (C=O) groups excluding carboxylic acids is 1. The Morgan fingerprint density at radius 2 is 1.74 bits per heavy atom. The molecule has 0 bridgehead atoms. The highest BCUT2D eigenvalue weighted by Crippen LogP contribution is 2.26. The Bertz CT molecular complexity index is 947. The first-order valence-electron chi connectivity index (χ1n) is 8.81. The normalized spacial score (nSPS) is 14.4. The summed E-state index contributed by atoms with van der Waals surface area (Å²) in [7, 11) is 0. The zero-order valence-electron chi connectivity index (χ0n) is 14.9. The molecule has 1 aromatic heterocycles. The minimum Gasteiger partial charge on any atom is -0.367 e. The van der Waals surface area contributed by atoms with E-state index in [9.17, 15) is 4.79 Å². The maximum atomic E-state index is 12.8. The van der Waals surface area contributed by atoms with Crippen molar-refractivity contribution < 1.29 is 9.32 Å². The van der Waals surface area contributed by atoms with Crippen LogP contribution in [0.15, 0.2) is 53.1 Å². The molecule has 27 heavy (non-hydrogen) atoms. The van der Waals surface area contributed by atoms with E-state index in [2.05, 4.69) is 15.0 Å². The highest BCUT2D eigenvalue weighted by atomic mass is 35.5. The quantitative estimate of drug-likeness (QED) is 0.691. The molecule has 6 nitrogen and oxygen atoms in total. The third-order valence-corrected chi connectivity index (χ3v) is 4.99. The number of rotatable bonds is 3. The first-order valence-corrected chi connectivity index (χ1v) is 9.19. The molecule has 1 aliphatic rings. The van der Waals surface area contributed by atoms with Gasteiger partial charge < -0.3 is 14.3 Å². The van der Waals surface area contributed by atoms with Gasteiger partial charge in [-0.05, 0) is 43.3 Å². The minimum atomic E-state index is 0.0297. The predicted octanol–water partition coefficient (Wildman–Crippen LogP) is 3.66. The van der Waals surface area contributed by atoms with E-state index in [1.807, 2.05) is 41.3 Å². The van der Waals surface area contributed by atoms with Gasteiger partial charge in [0, 0.05) is 37.3 Å². The van der Waals surface area contributed by atoms with Crippen molar-refractivity contribution in [3.8, 4) is 11.5 Å². The number of benzene rings is 2. The second kappa shape index (κ2) is 7.40. The summed E-state index contributed by atoms with van der Waals surface area (Å²) in [6.07, 6.45) is 0. The van der Waals surface area contributed by atoms with E-state index in [1.165, 1.54) is 0 Å². The Hall–Kier alpha value is -2.86. The van der Waals surface area contributed by atoms with Crippen LogP contribution in [0.4, 0.5) is 5.69 Å². The summed E-state index contributed by atoms with van der Waals surface area (Å²) >= 11 is 6.28. The zero-order valence-corrected chi connectivity index (χ0v) is 15.7. The number of hydrogen-bond acceptors (Lipinski definition) is 5. The van der Waals surface area contributed by atoms with Gasteiger partial charge in [-0.15, -0.1) is 0 Å². The first kappa shape index (κ1) is 17.5. The van der Waals surface area contributed by atoms with Gasteiger partial charge in [0.15, 0.2) is 5.82 Å². The van der Waals surface area contributed by atoms with Crippen molar-refractivity contribution in [1.82, 2.24) is 15.0 Å². The predicted molar refractivity (Wildman–Crippen MR) is 104 cm³/mol. The summed E-state index contributed by atoms with van der Waals surface area (Å²) in [6, 6.07) is 15.1. The molecule has 0 spiro atoms. The van der Waals surface area contributed by atoms with Gasteiger partial charge in [0.05, 0.1) is 10.7 Å². The second-order valence-electron chi connectivity index (χ2n) is 6.45. The van der Waals surface area contributed by atoms with Crippen molar-refractivity contribution in [1.29, 1.82) is 0 Å². The van der Waals surface area contributed by atoms with Crippen LogP contribution >= 0.6 is 11.6 Å². The number of anilines is 1. The number of aryl methyl sites for hydroxylation is 1. The SMILES string of the molecule is Cc1noc(-c2ccc(C(=O)N3CCN(c4ccccc4Cl)CC3)cc2)n1. The molecule has 0 atom stereocenters. The van der Waals surface area contributed by atoms with Crippen LogP contribution in [0.5, 0.6) is 0 Å². The standard InChI is InChI=1S/C20H19ClN4O2/c1-14-22-19(27-23-14)15-6-8-16(9-7-15)20(26)25-12-10-24(11-13-25)18-5-3-2-4-17(18)21/h2-9H,10-13H2,1H3. The zero-order chi connectivity index (χ0) is 18.8. The first-order chi connectivity index (χ1) is 13.1. The van der Waals surface area contributed by atoms with E-state index in [1.54, 1.807) is 19.1 Å². The molecular formula is C20H19ClN4O2. The van der Waals surface area contributed by atoms with Crippen molar-refractivity contribution in [2.75, 3.05) is 31.1 Å². The van der Waals surface area contributed by atoms with Crippen molar-refractivity contribution in [3.63, 3.8) is 0 Å². The molecule has 1 amide bonds. The van der Waals surface area contributed by atoms with Gasteiger partial charge in [0.25, 0.3) is 11.8 Å². The fourth-order valence-corrected chi connectivity index (χ4v) is 3.47. The highest BCUT2D eigenvalue weighted by Gasteiger charge is 2.23. The van der Waals surface area contributed by atoms with E-state index < -0.39 is 0 Å². The third-order valence-electron chi connectivity index (χ3n) is 4.67. The number of piperazine rings is 1. The lowest BCUT2D eigenvalue weighted by atomic mass is 10.1. The molecule has 0 aliphatic carbocycles. The van der Waals surface area contributed by atoms with Crippen LogP contribution in [0.25, 0.3) is 11.5 Å². The van der Waals surface area contributed by atoms with E-state index in [-0.39, 0.29) is 5.91 Å². The Kier molecular flexibility index (Phi) is 4.81. The molecule has 4 rings (SSSR count). The summed E-state index contributed by atoms with van der Waals surface area (Å²) in [6.45, 7) is 4.61. The lowest BCUT2D eigenvalue weighted by molar-refractivity contribution is 0.0747. The van der Waals surface area contributed by atoms with Crippen LogP contribution in [-0.4, -0.2) is 47.1 Å². The molecule has 1 fully saturated rings. The molecule has 0 unspecified atom stereocenters. The molecule has 7 heteroatoms. The van der Waals surface area contributed by atoms with Crippen molar-refractivity contribution in [2.45, 2.75) is 6.92 Å². The van der Waals surface area contributed by atoms with E-state index >= 15 is 0 Å². The van der Waals surface area contributed by atoms with Crippen LogP contribution in [0.1, 0.15) is 16.2 Å². The van der Waals surface area contributed by atoms with Gasteiger partial charge in [-0.1, -0.05) is 28.9 Å². The van der Waals surface area contributed by atoms with E-state index in [0.29, 0.717) is 30.4 Å². The van der Waals surface area contributed by atoms with Crippen LogP contribution in [0.2, 0.25) is 5.02 Å². The number of para-hydroxylation sites is 1. The van der Waals surface area contributed by atoms with Crippen molar-refractivity contribution in [2.24, 2.45) is 0 Å². The minimum absolute atomic E-state index is 0.0297. The monoisotopic (exact) mass is 382 g/mol. The highest BCUT2D eigenvalue weighted by molar-refractivity contribution is 6.33. The van der Waals surface area contributed by atoms with Crippen LogP contribution in [-0.2, 0) is 0 Å². The summed E-state index contributed by atoms with van der Waals surface area (Å²) in [4.78, 5) is 21.1. The van der Waals surface area contributed by atoms with E-state index in [0.717, 1.165) is 29.4 Å². The van der Waals surface area contributed by atoms with Gasteiger partial charge in [0.1, 0.15) is 0 Å². The second-order valence-corrected chi connectivity index (χ2v) is 6.86. The molecule has 1 saturated heterocycles. The Morgan fingerprint density at radius 1 is 1.04 bits per heavy atom. The molecule has 0 N–H and O–H groups in total. The number of halogens is 1. The number of carbonyl (C=O) groups is 1. The van der Waals surface area contributed by atoms with Crippen LogP contribution in [0, 0.1) is 6.92 Å². The van der Waals surface area contributed by atoms with Gasteiger partial charge >= 0.3 is 0 Å². The Morgan fingerprint density at radius 3 is 2.37 bits per heavy atom. The van der Waals surface area contributed by atoms with Crippen LogP contribution in [0.3, 0.4) is 0 Å². The third kappa shape index (κ3) is 3.66. The fourth-order valence-electron chi connectivity index (χ4n) is 3.21. The molecule has 0 saturated carbocycles. The lowest BCUT2D eigenvalue weighted by Crippen LogP contribution is -2.48. The summed E-state index contributed by atoms with van der Waals surface area (Å²) in [5, 5.41) is 4.53. The Balaban J connectivity index is 1.41. The molecule has 0 radical (unpaired) electrons. The summed E-state index contributed by atoms with van der Waals surface area (Å²) in [5.41, 5.74) is 2.47. The number of amides is 1. The molecule has 1 aliphatic heterocycles. The molecule has 2 aromatic carbocycles. The number of nitrogens with zero attached hydrogens (tertiary/aromatic N) is 4. The van der Waals surface area contributed by atoms with Gasteiger partial charge in [0.2, 0.25) is 0 Å². The largest absolute Gasteiger partial charge is 0.367 e. The smallest absolute Gasteiger partial charge is 0.257 e. The topological polar surface area (TPSA) is 62.5 Å². The maximum absolute atomic E-state index is 12.8. The molecule has 2 heterocycles. The Labute approximate surface area is 162 Å². The fraction of sp³-hybridized carbons (Fsp3) is 0.250. The summed E-state index contributed by atoms with van der Waals surface area (Å²) < 4.78 is 5.16. The van der Waals surface area contributed by atoms with Crippen molar-refractivity contribution in [3.05, 3.63) is 64.9 Å². The number of hydrogen-bond donors (Lipinski definition) is 0. The van der Waals surface area contributed by atoms with Gasteiger partial charge in [-0.2, -0.15) is 4.98 Å².